The van der Waals surface area contributed by atoms with Crippen molar-refractivity contribution in [3.05, 3.63) is 18.2 Å². The topological polar surface area (TPSA) is 96.2 Å². The van der Waals surface area contributed by atoms with E-state index in [1.807, 2.05) is 0 Å². The lowest BCUT2D eigenvalue weighted by molar-refractivity contribution is -0.145. The van der Waals surface area contributed by atoms with Crippen LogP contribution in [0.4, 0.5) is 0 Å². The first-order valence-corrected chi connectivity index (χ1v) is 9.05. The predicted molar refractivity (Wildman–Crippen MR) is 94.9 cm³/mol. The number of unbranched alkanes of at least 4 members (excludes halogenated alkanes) is 7. The number of rotatable bonds is 13. The largest absolute Gasteiger partial charge is 0.508 e. The summed E-state index contributed by atoms with van der Waals surface area (Å²) in [6.45, 7) is 1.94. The van der Waals surface area contributed by atoms with Crippen LogP contribution in [0.2, 0.25) is 0 Å². The second-order valence-corrected chi connectivity index (χ2v) is 6.07. The van der Waals surface area contributed by atoms with Gasteiger partial charge < -0.3 is 24.8 Å². The second kappa shape index (κ2) is 12.6. The van der Waals surface area contributed by atoms with Crippen LogP contribution in [0.25, 0.3) is 0 Å². The van der Waals surface area contributed by atoms with Crippen LogP contribution < -0.4 is 9.47 Å². The Hall–Kier alpha value is -1.79. The third kappa shape index (κ3) is 8.74. The van der Waals surface area contributed by atoms with Crippen molar-refractivity contribution in [2.24, 2.45) is 0 Å². The molecule has 6 nitrogen and oxygen atoms in total. The van der Waals surface area contributed by atoms with Gasteiger partial charge in [0.05, 0.1) is 13.2 Å². The Kier molecular flexibility index (Phi) is 10.7. The van der Waals surface area contributed by atoms with Crippen LogP contribution in [0.15, 0.2) is 18.2 Å². The molecule has 1 aromatic rings. The molecule has 1 rings (SSSR count). The summed E-state index contributed by atoms with van der Waals surface area (Å²) in [5, 5.41) is 27.6. The molecule has 6 heteroatoms. The van der Waals surface area contributed by atoms with Crippen molar-refractivity contribution in [1.29, 1.82) is 0 Å². The number of hydrogen-bond donors (Lipinski definition) is 3. The van der Waals surface area contributed by atoms with Gasteiger partial charge in [0.1, 0.15) is 5.75 Å². The zero-order valence-corrected chi connectivity index (χ0v) is 14.9. The van der Waals surface area contributed by atoms with E-state index in [2.05, 4.69) is 6.92 Å². The lowest BCUT2D eigenvalue weighted by Crippen LogP contribution is -2.28. The van der Waals surface area contributed by atoms with E-state index in [1.54, 1.807) is 0 Å². The van der Waals surface area contributed by atoms with Crippen LogP contribution in [-0.4, -0.2) is 40.6 Å². The van der Waals surface area contributed by atoms with Crippen LogP contribution in [0, 0.1) is 0 Å². The van der Waals surface area contributed by atoms with E-state index in [0.29, 0.717) is 6.61 Å². The van der Waals surface area contributed by atoms with E-state index in [-0.39, 0.29) is 17.2 Å². The van der Waals surface area contributed by atoms with Crippen molar-refractivity contribution in [3.8, 4) is 17.2 Å². The van der Waals surface area contributed by atoms with Gasteiger partial charge in [0.2, 0.25) is 0 Å². The highest BCUT2D eigenvalue weighted by atomic mass is 16.6. The molecule has 1 aromatic carbocycles. The fraction of sp³-hybridized carbons (Fsp3) is 0.632. The van der Waals surface area contributed by atoms with Crippen LogP contribution in [0.5, 0.6) is 17.2 Å². The quantitative estimate of drug-likeness (QED) is 0.286. The first kappa shape index (κ1) is 21.3. The molecule has 25 heavy (non-hydrogen) atoms. The average molecular weight is 354 g/mol. The number of carbonyl (C=O) groups is 1. The van der Waals surface area contributed by atoms with Crippen molar-refractivity contribution < 1.29 is 29.6 Å². The second-order valence-electron chi connectivity index (χ2n) is 6.07. The maximum atomic E-state index is 11.6. The molecule has 0 radical (unpaired) electrons. The summed E-state index contributed by atoms with van der Waals surface area (Å²) < 4.78 is 10.6. The summed E-state index contributed by atoms with van der Waals surface area (Å²) in [5.74, 6) is -0.630. The minimum Gasteiger partial charge on any atom is -0.508 e. The van der Waals surface area contributed by atoms with Crippen molar-refractivity contribution in [2.75, 3.05) is 13.2 Å². The fourth-order valence-corrected chi connectivity index (χ4v) is 2.36. The molecule has 0 aliphatic carbocycles. The van der Waals surface area contributed by atoms with Gasteiger partial charge >= 0.3 is 5.97 Å². The fourth-order valence-electron chi connectivity index (χ4n) is 2.36. The SMILES string of the molecule is CCCCCCCCCCOc1cc(O)ccc1OC(=O)C(O)CO. The molecule has 0 fully saturated rings. The molecule has 0 amide bonds. The zero-order valence-electron chi connectivity index (χ0n) is 14.9. The normalized spacial score (nSPS) is 12.0. The number of phenolic OH excluding ortho intramolecular Hbond substituents is 1. The Labute approximate surface area is 149 Å². The monoisotopic (exact) mass is 354 g/mol. The van der Waals surface area contributed by atoms with Gasteiger partial charge in [-0.15, -0.1) is 0 Å². The maximum absolute atomic E-state index is 11.6. The number of aliphatic hydroxyl groups excluding tert-OH is 2. The van der Waals surface area contributed by atoms with Crippen LogP contribution in [0.1, 0.15) is 58.3 Å². The van der Waals surface area contributed by atoms with Gasteiger partial charge in [-0.05, 0) is 18.6 Å². The van der Waals surface area contributed by atoms with E-state index in [9.17, 15) is 15.0 Å². The molecular formula is C19H30O6. The molecule has 0 saturated carbocycles. The summed E-state index contributed by atoms with van der Waals surface area (Å²) in [6.07, 6.45) is 7.84. The molecule has 1 atom stereocenters. The number of phenols is 1. The van der Waals surface area contributed by atoms with Gasteiger partial charge in [-0.25, -0.2) is 4.79 Å². The maximum Gasteiger partial charge on any atom is 0.342 e. The zero-order chi connectivity index (χ0) is 18.5. The van der Waals surface area contributed by atoms with E-state index < -0.39 is 18.7 Å². The summed E-state index contributed by atoms with van der Waals surface area (Å²) in [4.78, 5) is 11.6. The molecule has 0 aliphatic rings. The standard InChI is InChI=1S/C19H30O6/c1-2-3-4-5-6-7-8-9-12-24-18-13-15(21)10-11-17(18)25-19(23)16(22)14-20/h10-11,13,16,20-22H,2-9,12,14H2,1H3. The van der Waals surface area contributed by atoms with Gasteiger partial charge in [0.25, 0.3) is 0 Å². The van der Waals surface area contributed by atoms with E-state index in [0.717, 1.165) is 19.3 Å². The summed E-state index contributed by atoms with van der Waals surface area (Å²) in [6, 6.07) is 4.11. The molecule has 0 spiro atoms. The Morgan fingerprint density at radius 1 is 1.04 bits per heavy atom. The van der Waals surface area contributed by atoms with E-state index >= 15 is 0 Å². The lowest BCUT2D eigenvalue weighted by Gasteiger charge is -2.13. The Bertz CT molecular complexity index is 503. The summed E-state index contributed by atoms with van der Waals surface area (Å²) in [5.41, 5.74) is 0. The van der Waals surface area contributed by atoms with Crippen molar-refractivity contribution in [1.82, 2.24) is 0 Å². The first-order chi connectivity index (χ1) is 12.1. The molecule has 1 unspecified atom stereocenters. The third-order valence-electron chi connectivity index (χ3n) is 3.84. The van der Waals surface area contributed by atoms with E-state index in [1.165, 1.54) is 50.3 Å². The Balaban J connectivity index is 2.37. The lowest BCUT2D eigenvalue weighted by atomic mass is 10.1. The van der Waals surface area contributed by atoms with Gasteiger partial charge in [-0.2, -0.15) is 0 Å². The minimum absolute atomic E-state index is 0.00608. The number of benzene rings is 1. The van der Waals surface area contributed by atoms with Gasteiger partial charge in [0, 0.05) is 6.07 Å². The first-order valence-electron chi connectivity index (χ1n) is 9.05. The molecule has 142 valence electrons. The number of aromatic hydroxyl groups is 1. The average Bonchev–Trinajstić information content (AvgIpc) is 2.61. The molecule has 0 saturated heterocycles. The highest BCUT2D eigenvalue weighted by molar-refractivity contribution is 5.77. The Morgan fingerprint density at radius 2 is 1.68 bits per heavy atom. The van der Waals surface area contributed by atoms with Gasteiger partial charge in [-0.1, -0.05) is 51.9 Å². The number of hydrogen-bond acceptors (Lipinski definition) is 6. The van der Waals surface area contributed by atoms with Crippen LogP contribution in [0.3, 0.4) is 0 Å². The van der Waals surface area contributed by atoms with E-state index in [4.69, 9.17) is 14.6 Å². The van der Waals surface area contributed by atoms with Crippen molar-refractivity contribution in [3.63, 3.8) is 0 Å². The summed E-state index contributed by atoms with van der Waals surface area (Å²) in [7, 11) is 0. The summed E-state index contributed by atoms with van der Waals surface area (Å²) >= 11 is 0. The minimum atomic E-state index is -1.60. The highest BCUT2D eigenvalue weighted by Crippen LogP contribution is 2.31. The van der Waals surface area contributed by atoms with Gasteiger partial charge in [0.15, 0.2) is 17.6 Å². The number of carbonyl (C=O) groups excluding carboxylic acids is 1. The number of esters is 1. The number of ether oxygens (including phenoxy) is 2. The molecular weight excluding hydrogens is 324 g/mol. The smallest absolute Gasteiger partial charge is 0.342 e. The van der Waals surface area contributed by atoms with Crippen LogP contribution in [-0.2, 0) is 4.79 Å². The van der Waals surface area contributed by atoms with Crippen molar-refractivity contribution in [2.45, 2.75) is 64.4 Å². The van der Waals surface area contributed by atoms with Crippen molar-refractivity contribution >= 4 is 5.97 Å². The molecule has 0 aliphatic heterocycles. The number of aliphatic hydroxyl groups is 2. The molecule has 0 aromatic heterocycles. The third-order valence-corrected chi connectivity index (χ3v) is 3.84. The molecule has 0 bridgehead atoms. The predicted octanol–water partition coefficient (Wildman–Crippen LogP) is 3.17. The van der Waals surface area contributed by atoms with Gasteiger partial charge in [-0.3, -0.25) is 0 Å². The highest BCUT2D eigenvalue weighted by Gasteiger charge is 2.18. The van der Waals surface area contributed by atoms with Crippen LogP contribution >= 0.6 is 0 Å². The molecule has 0 heterocycles. The molecule has 3 N–H and O–H groups in total. The Morgan fingerprint density at radius 3 is 2.32 bits per heavy atom.